The Kier molecular flexibility index (Phi) is 5.47. The lowest BCUT2D eigenvalue weighted by Crippen LogP contribution is -2.27. The number of benzene rings is 1. The van der Waals surface area contributed by atoms with Crippen molar-refractivity contribution < 1.29 is 4.79 Å². The second kappa shape index (κ2) is 7.54. The van der Waals surface area contributed by atoms with Crippen LogP contribution < -0.4 is 5.32 Å². The van der Waals surface area contributed by atoms with Gasteiger partial charge in [-0.3, -0.25) is 4.79 Å². The molecule has 0 saturated heterocycles. The van der Waals surface area contributed by atoms with Crippen molar-refractivity contribution in [3.05, 3.63) is 54.0 Å². The predicted molar refractivity (Wildman–Crippen MR) is 87.6 cm³/mol. The normalized spacial score (nSPS) is 10.5. The van der Waals surface area contributed by atoms with Crippen molar-refractivity contribution in [3.63, 3.8) is 0 Å². The van der Waals surface area contributed by atoms with Crippen LogP contribution in [-0.2, 0) is 6.54 Å². The maximum absolute atomic E-state index is 12.3. The Balaban J connectivity index is 1.97. The van der Waals surface area contributed by atoms with Gasteiger partial charge in [0.05, 0.1) is 12.4 Å². The molecule has 22 heavy (non-hydrogen) atoms. The van der Waals surface area contributed by atoms with Gasteiger partial charge in [0.2, 0.25) is 0 Å². The molecule has 2 rings (SSSR count). The minimum absolute atomic E-state index is 0.133. The molecule has 5 heteroatoms. The van der Waals surface area contributed by atoms with Crippen molar-refractivity contribution in [2.75, 3.05) is 18.9 Å². The second-order valence-electron chi connectivity index (χ2n) is 5.71. The smallest absolute Gasteiger partial charge is 0.274 e. The molecule has 0 aliphatic rings. The molecule has 116 valence electrons. The molecular weight excluding hydrogens is 276 g/mol. The first kappa shape index (κ1) is 15.9. The van der Waals surface area contributed by atoms with Crippen molar-refractivity contribution >= 4 is 11.7 Å². The van der Waals surface area contributed by atoms with Crippen LogP contribution >= 0.6 is 0 Å². The van der Waals surface area contributed by atoms with E-state index in [1.54, 1.807) is 18.1 Å². The zero-order valence-corrected chi connectivity index (χ0v) is 13.3. The van der Waals surface area contributed by atoms with Gasteiger partial charge in [0.1, 0.15) is 11.5 Å². The minimum Gasteiger partial charge on any atom is -0.369 e. The molecule has 0 radical (unpaired) electrons. The lowest BCUT2D eigenvalue weighted by Gasteiger charge is -2.16. The first-order valence-electron chi connectivity index (χ1n) is 7.41. The third-order valence-electron chi connectivity index (χ3n) is 3.17. The standard InChI is InChI=1S/C17H22N4O/c1-13(2)9-19-16-11-18-15(10-20-16)17(22)21(3)12-14-7-5-4-6-8-14/h4-8,10-11,13H,9,12H2,1-3H3,(H,19,20). The Morgan fingerprint density at radius 3 is 2.50 bits per heavy atom. The number of amides is 1. The molecule has 0 aliphatic heterocycles. The third-order valence-corrected chi connectivity index (χ3v) is 3.17. The molecule has 1 heterocycles. The van der Waals surface area contributed by atoms with E-state index in [0.717, 1.165) is 12.1 Å². The summed E-state index contributed by atoms with van der Waals surface area (Å²) in [6.45, 7) is 5.62. The van der Waals surface area contributed by atoms with Gasteiger partial charge >= 0.3 is 0 Å². The Bertz CT molecular complexity index is 596. The van der Waals surface area contributed by atoms with Crippen LogP contribution in [0.5, 0.6) is 0 Å². The van der Waals surface area contributed by atoms with Gasteiger partial charge in [-0.2, -0.15) is 0 Å². The molecule has 0 atom stereocenters. The number of carbonyl (C=O) groups excluding carboxylic acids is 1. The second-order valence-corrected chi connectivity index (χ2v) is 5.71. The summed E-state index contributed by atoms with van der Waals surface area (Å²) < 4.78 is 0. The minimum atomic E-state index is -0.133. The summed E-state index contributed by atoms with van der Waals surface area (Å²) in [4.78, 5) is 22.4. The molecule has 1 aromatic carbocycles. The van der Waals surface area contributed by atoms with E-state index in [9.17, 15) is 4.79 Å². The van der Waals surface area contributed by atoms with Crippen molar-refractivity contribution in [1.29, 1.82) is 0 Å². The molecule has 0 aliphatic carbocycles. The maximum atomic E-state index is 12.3. The lowest BCUT2D eigenvalue weighted by atomic mass is 10.2. The molecule has 0 spiro atoms. The zero-order valence-electron chi connectivity index (χ0n) is 13.3. The molecule has 1 amide bonds. The SMILES string of the molecule is CC(C)CNc1cnc(C(=O)N(C)Cc2ccccc2)cn1. The molecule has 0 bridgehead atoms. The number of rotatable bonds is 6. The molecule has 1 aromatic heterocycles. The van der Waals surface area contributed by atoms with E-state index in [1.807, 2.05) is 30.3 Å². The van der Waals surface area contributed by atoms with E-state index in [0.29, 0.717) is 24.0 Å². The maximum Gasteiger partial charge on any atom is 0.274 e. The highest BCUT2D eigenvalue weighted by atomic mass is 16.2. The summed E-state index contributed by atoms with van der Waals surface area (Å²) in [6.07, 6.45) is 3.12. The van der Waals surface area contributed by atoms with E-state index in [-0.39, 0.29) is 5.91 Å². The quantitative estimate of drug-likeness (QED) is 0.891. The molecule has 0 unspecified atom stereocenters. The molecule has 5 nitrogen and oxygen atoms in total. The number of nitrogens with zero attached hydrogens (tertiary/aromatic N) is 3. The molecular formula is C17H22N4O. The number of anilines is 1. The van der Waals surface area contributed by atoms with Gasteiger partial charge in [0, 0.05) is 20.1 Å². The Morgan fingerprint density at radius 1 is 1.18 bits per heavy atom. The first-order valence-corrected chi connectivity index (χ1v) is 7.41. The van der Waals surface area contributed by atoms with Crippen LogP contribution in [0.1, 0.15) is 29.9 Å². The molecule has 0 fully saturated rings. The summed E-state index contributed by atoms with van der Waals surface area (Å²) in [5.41, 5.74) is 1.44. The van der Waals surface area contributed by atoms with E-state index in [1.165, 1.54) is 6.20 Å². The molecule has 2 aromatic rings. The summed E-state index contributed by atoms with van der Waals surface area (Å²) in [5.74, 6) is 1.09. The number of carbonyl (C=O) groups is 1. The van der Waals surface area contributed by atoms with E-state index in [2.05, 4.69) is 29.1 Å². The Labute approximate surface area is 131 Å². The fourth-order valence-electron chi connectivity index (χ4n) is 1.96. The summed E-state index contributed by atoms with van der Waals surface area (Å²) in [7, 11) is 1.77. The van der Waals surface area contributed by atoms with Gasteiger partial charge < -0.3 is 10.2 Å². The highest BCUT2D eigenvalue weighted by molar-refractivity contribution is 5.91. The highest BCUT2D eigenvalue weighted by Gasteiger charge is 2.14. The third kappa shape index (κ3) is 4.55. The van der Waals surface area contributed by atoms with Crippen molar-refractivity contribution in [2.24, 2.45) is 5.92 Å². The van der Waals surface area contributed by atoms with Gasteiger partial charge in [-0.15, -0.1) is 0 Å². The van der Waals surface area contributed by atoms with Crippen LogP contribution in [0.25, 0.3) is 0 Å². The van der Waals surface area contributed by atoms with Gasteiger partial charge in [-0.25, -0.2) is 9.97 Å². The van der Waals surface area contributed by atoms with Crippen LogP contribution in [0.2, 0.25) is 0 Å². The number of hydrogen-bond donors (Lipinski definition) is 1. The monoisotopic (exact) mass is 298 g/mol. The fourth-order valence-corrected chi connectivity index (χ4v) is 1.96. The van der Waals surface area contributed by atoms with Crippen LogP contribution in [-0.4, -0.2) is 34.4 Å². The van der Waals surface area contributed by atoms with E-state index < -0.39 is 0 Å². The van der Waals surface area contributed by atoms with E-state index in [4.69, 9.17) is 0 Å². The summed E-state index contributed by atoms with van der Waals surface area (Å²) >= 11 is 0. The van der Waals surface area contributed by atoms with Crippen LogP contribution in [0.3, 0.4) is 0 Å². The summed E-state index contributed by atoms with van der Waals surface area (Å²) in [5, 5.41) is 3.18. The molecule has 0 saturated carbocycles. The van der Waals surface area contributed by atoms with Crippen LogP contribution in [0.4, 0.5) is 5.82 Å². The van der Waals surface area contributed by atoms with Crippen molar-refractivity contribution in [2.45, 2.75) is 20.4 Å². The average molecular weight is 298 g/mol. The van der Waals surface area contributed by atoms with Crippen molar-refractivity contribution in [3.8, 4) is 0 Å². The predicted octanol–water partition coefficient (Wildman–Crippen LogP) is 2.82. The Hall–Kier alpha value is -2.43. The average Bonchev–Trinajstić information content (AvgIpc) is 2.53. The topological polar surface area (TPSA) is 58.1 Å². The lowest BCUT2D eigenvalue weighted by molar-refractivity contribution is 0.0779. The first-order chi connectivity index (χ1) is 10.6. The van der Waals surface area contributed by atoms with Gasteiger partial charge in [0.25, 0.3) is 5.91 Å². The number of hydrogen-bond acceptors (Lipinski definition) is 4. The largest absolute Gasteiger partial charge is 0.369 e. The fraction of sp³-hybridized carbons (Fsp3) is 0.353. The van der Waals surface area contributed by atoms with Crippen molar-refractivity contribution in [1.82, 2.24) is 14.9 Å². The molecule has 1 N–H and O–H groups in total. The van der Waals surface area contributed by atoms with Crippen LogP contribution in [0.15, 0.2) is 42.7 Å². The number of aromatic nitrogens is 2. The van der Waals surface area contributed by atoms with Gasteiger partial charge in [-0.1, -0.05) is 44.2 Å². The van der Waals surface area contributed by atoms with Gasteiger partial charge in [-0.05, 0) is 11.5 Å². The highest BCUT2D eigenvalue weighted by Crippen LogP contribution is 2.08. The number of nitrogens with one attached hydrogen (secondary N) is 1. The Morgan fingerprint density at radius 2 is 1.91 bits per heavy atom. The van der Waals surface area contributed by atoms with Crippen LogP contribution in [0, 0.1) is 5.92 Å². The van der Waals surface area contributed by atoms with Gasteiger partial charge in [0.15, 0.2) is 0 Å². The summed E-state index contributed by atoms with van der Waals surface area (Å²) in [6, 6.07) is 9.87. The zero-order chi connectivity index (χ0) is 15.9. The van der Waals surface area contributed by atoms with E-state index >= 15 is 0 Å².